The van der Waals surface area contributed by atoms with Crippen LogP contribution in [0.1, 0.15) is 13.3 Å². The third-order valence-electron chi connectivity index (χ3n) is 3.29. The van der Waals surface area contributed by atoms with Crippen molar-refractivity contribution in [2.24, 2.45) is 5.73 Å². The number of hydrogen-bond donors (Lipinski definition) is 2. The number of methoxy groups -OCH3 is 2. The summed E-state index contributed by atoms with van der Waals surface area (Å²) in [5.41, 5.74) is 4.57. The zero-order valence-electron chi connectivity index (χ0n) is 12.4. The standard InChI is InChI=1S/C14H22N2O4/c1-14(16-2,13(15)17)5-6-20-12-8-10(18-3)7-11(9-12)19-4/h7-9,16H,5-6H2,1-4H3,(H2,15,17). The summed E-state index contributed by atoms with van der Waals surface area (Å²) < 4.78 is 15.9. The minimum atomic E-state index is -0.789. The topological polar surface area (TPSA) is 82.8 Å². The molecule has 0 heterocycles. The van der Waals surface area contributed by atoms with Gasteiger partial charge in [0.25, 0.3) is 0 Å². The third-order valence-corrected chi connectivity index (χ3v) is 3.29. The highest BCUT2D eigenvalue weighted by Crippen LogP contribution is 2.27. The van der Waals surface area contributed by atoms with E-state index < -0.39 is 11.4 Å². The average Bonchev–Trinajstić information content (AvgIpc) is 2.46. The number of likely N-dealkylation sites (N-methyl/N-ethyl adjacent to an activating group) is 1. The zero-order valence-corrected chi connectivity index (χ0v) is 12.4. The molecule has 0 aliphatic carbocycles. The Bertz CT molecular complexity index is 442. The SMILES string of the molecule is CNC(C)(CCOc1cc(OC)cc(OC)c1)C(N)=O. The molecule has 6 heteroatoms. The first-order valence-corrected chi connectivity index (χ1v) is 6.30. The summed E-state index contributed by atoms with van der Waals surface area (Å²) in [4.78, 5) is 11.4. The van der Waals surface area contributed by atoms with Crippen LogP contribution in [0.25, 0.3) is 0 Å². The second-order valence-corrected chi connectivity index (χ2v) is 4.59. The van der Waals surface area contributed by atoms with E-state index in [0.717, 1.165) is 0 Å². The van der Waals surface area contributed by atoms with E-state index in [2.05, 4.69) is 5.32 Å². The summed E-state index contributed by atoms with van der Waals surface area (Å²) in [6, 6.07) is 5.26. The summed E-state index contributed by atoms with van der Waals surface area (Å²) in [6.07, 6.45) is 0.457. The summed E-state index contributed by atoms with van der Waals surface area (Å²) in [5, 5.41) is 2.91. The first-order chi connectivity index (χ1) is 9.45. The van der Waals surface area contributed by atoms with Crippen molar-refractivity contribution in [2.75, 3.05) is 27.9 Å². The van der Waals surface area contributed by atoms with E-state index in [-0.39, 0.29) is 0 Å². The van der Waals surface area contributed by atoms with E-state index >= 15 is 0 Å². The molecule has 0 saturated heterocycles. The highest BCUT2D eigenvalue weighted by Gasteiger charge is 2.28. The Labute approximate surface area is 119 Å². The number of amides is 1. The maximum Gasteiger partial charge on any atom is 0.237 e. The van der Waals surface area contributed by atoms with Crippen molar-refractivity contribution in [3.05, 3.63) is 18.2 Å². The minimum absolute atomic E-state index is 0.344. The zero-order chi connectivity index (χ0) is 15.2. The van der Waals surface area contributed by atoms with Crippen LogP contribution < -0.4 is 25.3 Å². The number of carbonyl (C=O) groups excluding carboxylic acids is 1. The Balaban J connectivity index is 2.68. The van der Waals surface area contributed by atoms with Crippen LogP contribution in [0.4, 0.5) is 0 Å². The van der Waals surface area contributed by atoms with E-state index in [0.29, 0.717) is 30.3 Å². The molecule has 1 rings (SSSR count). The maximum absolute atomic E-state index is 11.4. The van der Waals surface area contributed by atoms with Crippen LogP contribution in [0.15, 0.2) is 18.2 Å². The molecule has 0 spiro atoms. The number of primary amides is 1. The molecule has 0 aliphatic rings. The average molecular weight is 282 g/mol. The largest absolute Gasteiger partial charge is 0.496 e. The van der Waals surface area contributed by atoms with Crippen molar-refractivity contribution in [3.8, 4) is 17.2 Å². The highest BCUT2D eigenvalue weighted by molar-refractivity contribution is 5.84. The lowest BCUT2D eigenvalue weighted by Gasteiger charge is -2.25. The lowest BCUT2D eigenvalue weighted by molar-refractivity contribution is -0.124. The van der Waals surface area contributed by atoms with Gasteiger partial charge in [-0.15, -0.1) is 0 Å². The highest BCUT2D eigenvalue weighted by atomic mass is 16.5. The van der Waals surface area contributed by atoms with Gasteiger partial charge in [0.2, 0.25) is 5.91 Å². The van der Waals surface area contributed by atoms with Crippen molar-refractivity contribution in [1.29, 1.82) is 0 Å². The quantitative estimate of drug-likeness (QED) is 0.741. The van der Waals surface area contributed by atoms with E-state index in [4.69, 9.17) is 19.9 Å². The minimum Gasteiger partial charge on any atom is -0.496 e. The number of ether oxygens (including phenoxy) is 3. The molecule has 0 fully saturated rings. The van der Waals surface area contributed by atoms with E-state index in [9.17, 15) is 4.79 Å². The number of nitrogens with one attached hydrogen (secondary N) is 1. The van der Waals surface area contributed by atoms with Gasteiger partial charge in [-0.3, -0.25) is 4.79 Å². The molecule has 6 nitrogen and oxygen atoms in total. The van der Waals surface area contributed by atoms with Gasteiger partial charge < -0.3 is 25.3 Å². The third kappa shape index (κ3) is 4.03. The molecule has 0 aromatic heterocycles. The number of benzene rings is 1. The first kappa shape index (κ1) is 16.1. The Morgan fingerprint density at radius 1 is 1.20 bits per heavy atom. The van der Waals surface area contributed by atoms with Crippen LogP contribution in [0, 0.1) is 0 Å². The number of hydrogen-bond acceptors (Lipinski definition) is 5. The van der Waals surface area contributed by atoms with Crippen molar-refractivity contribution >= 4 is 5.91 Å². The predicted molar refractivity (Wildman–Crippen MR) is 76.3 cm³/mol. The van der Waals surface area contributed by atoms with Crippen molar-refractivity contribution in [3.63, 3.8) is 0 Å². The molecule has 3 N–H and O–H groups in total. The second kappa shape index (κ2) is 7.00. The molecule has 1 atom stereocenters. The van der Waals surface area contributed by atoms with Gasteiger partial charge in [0.05, 0.1) is 26.4 Å². The van der Waals surface area contributed by atoms with Crippen LogP contribution in [-0.2, 0) is 4.79 Å². The normalized spacial score (nSPS) is 13.4. The molecular weight excluding hydrogens is 260 g/mol. The number of rotatable bonds is 8. The van der Waals surface area contributed by atoms with Gasteiger partial charge in [-0.1, -0.05) is 0 Å². The fourth-order valence-corrected chi connectivity index (χ4v) is 1.61. The van der Waals surface area contributed by atoms with E-state index in [1.165, 1.54) is 0 Å². The first-order valence-electron chi connectivity index (χ1n) is 6.30. The van der Waals surface area contributed by atoms with Crippen molar-refractivity contribution in [1.82, 2.24) is 5.32 Å². The van der Waals surface area contributed by atoms with Gasteiger partial charge >= 0.3 is 0 Å². The predicted octanol–water partition coefficient (Wildman–Crippen LogP) is 0.936. The number of nitrogens with two attached hydrogens (primary N) is 1. The second-order valence-electron chi connectivity index (χ2n) is 4.59. The van der Waals surface area contributed by atoms with Gasteiger partial charge in [0.15, 0.2) is 0 Å². The Morgan fingerprint density at radius 2 is 1.70 bits per heavy atom. The van der Waals surface area contributed by atoms with E-state index in [1.54, 1.807) is 46.4 Å². The Hall–Kier alpha value is -1.95. The van der Waals surface area contributed by atoms with Gasteiger partial charge in [-0.25, -0.2) is 0 Å². The summed E-state index contributed by atoms with van der Waals surface area (Å²) >= 11 is 0. The molecule has 1 amide bonds. The van der Waals surface area contributed by atoms with Gasteiger partial charge in [-0.2, -0.15) is 0 Å². The monoisotopic (exact) mass is 282 g/mol. The number of carbonyl (C=O) groups is 1. The van der Waals surface area contributed by atoms with Gasteiger partial charge in [-0.05, 0) is 14.0 Å². The summed E-state index contributed by atoms with van der Waals surface area (Å²) in [5.74, 6) is 1.49. The van der Waals surface area contributed by atoms with Gasteiger partial charge in [0.1, 0.15) is 17.2 Å². The van der Waals surface area contributed by atoms with Crippen LogP contribution in [0.2, 0.25) is 0 Å². The smallest absolute Gasteiger partial charge is 0.237 e. The molecular formula is C14H22N2O4. The summed E-state index contributed by atoms with van der Waals surface area (Å²) in [6.45, 7) is 2.08. The van der Waals surface area contributed by atoms with Crippen LogP contribution in [0.3, 0.4) is 0 Å². The fraction of sp³-hybridized carbons (Fsp3) is 0.500. The summed E-state index contributed by atoms with van der Waals surface area (Å²) in [7, 11) is 4.84. The molecule has 0 saturated carbocycles. The van der Waals surface area contributed by atoms with Crippen LogP contribution in [0.5, 0.6) is 17.2 Å². The lowest BCUT2D eigenvalue weighted by atomic mass is 9.98. The fourth-order valence-electron chi connectivity index (χ4n) is 1.61. The Kier molecular flexibility index (Phi) is 5.64. The molecule has 1 aromatic carbocycles. The van der Waals surface area contributed by atoms with Crippen molar-refractivity contribution in [2.45, 2.75) is 18.9 Å². The molecule has 1 aromatic rings. The van der Waals surface area contributed by atoms with Gasteiger partial charge in [0, 0.05) is 24.6 Å². The molecule has 0 aliphatic heterocycles. The Morgan fingerprint density at radius 3 is 2.10 bits per heavy atom. The van der Waals surface area contributed by atoms with Crippen LogP contribution >= 0.6 is 0 Å². The van der Waals surface area contributed by atoms with E-state index in [1.807, 2.05) is 0 Å². The molecule has 112 valence electrons. The maximum atomic E-state index is 11.4. The molecule has 1 unspecified atom stereocenters. The lowest BCUT2D eigenvalue weighted by Crippen LogP contribution is -2.52. The van der Waals surface area contributed by atoms with Crippen molar-refractivity contribution < 1.29 is 19.0 Å². The van der Waals surface area contributed by atoms with Crippen LogP contribution in [-0.4, -0.2) is 39.3 Å². The molecule has 0 bridgehead atoms. The molecule has 20 heavy (non-hydrogen) atoms. The molecule has 0 radical (unpaired) electrons.